The third kappa shape index (κ3) is 6.32. The average molecular weight is 158 g/mol. The lowest BCUT2D eigenvalue weighted by Gasteiger charge is -2.16. The van der Waals surface area contributed by atoms with Gasteiger partial charge in [0.15, 0.2) is 0 Å². The fourth-order valence-electron chi connectivity index (χ4n) is 0.598. The van der Waals surface area contributed by atoms with Gasteiger partial charge < -0.3 is 10.5 Å². The molecule has 0 fully saturated rings. The second kappa shape index (κ2) is 5.56. The number of rotatable bonds is 5. The molecule has 0 aromatic heterocycles. The summed E-state index contributed by atoms with van der Waals surface area (Å²) < 4.78 is 5.33. The first-order valence-electron chi connectivity index (χ1n) is 4.20. The molecule has 2 atom stereocenters. The summed E-state index contributed by atoms with van der Waals surface area (Å²) in [5.74, 6) is 0.851. The Bertz CT molecular complexity index is 91.6. The summed E-state index contributed by atoms with van der Waals surface area (Å²) in [6.45, 7) is 11.4. The third-order valence-electron chi connectivity index (χ3n) is 1.57. The highest BCUT2D eigenvalue weighted by Crippen LogP contribution is 1.99. The lowest BCUT2D eigenvalue weighted by molar-refractivity contribution is 0.0944. The molecule has 1 radical (unpaired) electrons. The molecule has 11 heavy (non-hydrogen) atoms. The summed E-state index contributed by atoms with van der Waals surface area (Å²) in [5, 5.41) is 0. The van der Waals surface area contributed by atoms with Crippen molar-refractivity contribution in [2.45, 2.75) is 26.8 Å². The van der Waals surface area contributed by atoms with Gasteiger partial charge in [-0.1, -0.05) is 20.8 Å². The zero-order valence-corrected chi connectivity index (χ0v) is 7.84. The van der Waals surface area contributed by atoms with Crippen molar-refractivity contribution in [2.24, 2.45) is 17.6 Å². The first-order valence-corrected chi connectivity index (χ1v) is 4.20. The summed E-state index contributed by atoms with van der Waals surface area (Å²) in [6.07, 6.45) is 0. The minimum atomic E-state index is 0.161. The van der Waals surface area contributed by atoms with Crippen molar-refractivity contribution in [1.82, 2.24) is 0 Å². The van der Waals surface area contributed by atoms with E-state index in [1.54, 1.807) is 0 Å². The standard InChI is InChI=1S/C9H20NO/c1-7(2)5-11-6-9(10)8(3)4/h7-9H,1,5-6,10H2,2-4H3/t7?,9-/m1/s1. The van der Waals surface area contributed by atoms with Gasteiger partial charge in [0.25, 0.3) is 0 Å². The summed E-state index contributed by atoms with van der Waals surface area (Å²) in [5.41, 5.74) is 5.76. The van der Waals surface area contributed by atoms with Gasteiger partial charge in [0, 0.05) is 12.6 Å². The van der Waals surface area contributed by atoms with Crippen LogP contribution in [0.25, 0.3) is 0 Å². The maximum absolute atomic E-state index is 5.76. The molecule has 0 aromatic carbocycles. The minimum Gasteiger partial charge on any atom is -0.380 e. The Labute approximate surface area is 70.1 Å². The first-order chi connectivity index (χ1) is 5.04. The van der Waals surface area contributed by atoms with Crippen molar-refractivity contribution in [3.05, 3.63) is 6.92 Å². The number of hydrogen-bond donors (Lipinski definition) is 1. The van der Waals surface area contributed by atoms with Crippen LogP contribution in [0, 0.1) is 18.8 Å². The first kappa shape index (κ1) is 10.9. The Hall–Kier alpha value is -0.0800. The van der Waals surface area contributed by atoms with Crippen molar-refractivity contribution < 1.29 is 4.74 Å². The van der Waals surface area contributed by atoms with Crippen LogP contribution >= 0.6 is 0 Å². The van der Waals surface area contributed by atoms with E-state index in [1.165, 1.54) is 0 Å². The molecule has 67 valence electrons. The molecular weight excluding hydrogens is 138 g/mol. The van der Waals surface area contributed by atoms with Crippen molar-refractivity contribution in [3.8, 4) is 0 Å². The molecule has 0 aliphatic rings. The van der Waals surface area contributed by atoms with E-state index in [4.69, 9.17) is 10.5 Å². The van der Waals surface area contributed by atoms with Gasteiger partial charge in [0.05, 0.1) is 6.61 Å². The maximum Gasteiger partial charge on any atom is 0.0620 e. The fourth-order valence-corrected chi connectivity index (χ4v) is 0.598. The Balaban J connectivity index is 3.24. The van der Waals surface area contributed by atoms with Gasteiger partial charge in [-0.2, -0.15) is 0 Å². The van der Waals surface area contributed by atoms with Crippen LogP contribution in [0.1, 0.15) is 20.8 Å². The predicted octanol–water partition coefficient (Wildman–Crippen LogP) is 1.46. The molecule has 0 amide bonds. The van der Waals surface area contributed by atoms with Crippen LogP contribution in [0.5, 0.6) is 0 Å². The number of hydrogen-bond acceptors (Lipinski definition) is 2. The van der Waals surface area contributed by atoms with Crippen molar-refractivity contribution in [1.29, 1.82) is 0 Å². The normalized spacial score (nSPS) is 14.5. The van der Waals surface area contributed by atoms with Crippen molar-refractivity contribution in [3.63, 3.8) is 0 Å². The molecule has 0 rings (SSSR count). The minimum absolute atomic E-state index is 0.161. The van der Waals surface area contributed by atoms with Gasteiger partial charge in [0.1, 0.15) is 0 Å². The Morgan fingerprint density at radius 1 is 1.27 bits per heavy atom. The van der Waals surface area contributed by atoms with E-state index >= 15 is 0 Å². The van der Waals surface area contributed by atoms with E-state index in [1.807, 2.05) is 6.92 Å². The smallest absolute Gasteiger partial charge is 0.0620 e. The van der Waals surface area contributed by atoms with Crippen LogP contribution in [0.3, 0.4) is 0 Å². The topological polar surface area (TPSA) is 35.2 Å². The van der Waals surface area contributed by atoms with Gasteiger partial charge in [-0.3, -0.25) is 0 Å². The summed E-state index contributed by atoms with van der Waals surface area (Å²) in [7, 11) is 0. The lowest BCUT2D eigenvalue weighted by Crippen LogP contribution is -2.32. The highest BCUT2D eigenvalue weighted by atomic mass is 16.5. The Kier molecular flexibility index (Phi) is 5.51. The van der Waals surface area contributed by atoms with Gasteiger partial charge >= 0.3 is 0 Å². The lowest BCUT2D eigenvalue weighted by atomic mass is 10.1. The molecule has 0 heterocycles. The molecule has 0 bridgehead atoms. The monoisotopic (exact) mass is 158 g/mol. The molecule has 0 saturated carbocycles. The highest BCUT2D eigenvalue weighted by Gasteiger charge is 2.07. The Morgan fingerprint density at radius 3 is 2.18 bits per heavy atom. The molecule has 2 heteroatoms. The van der Waals surface area contributed by atoms with Crippen LogP contribution in [0.2, 0.25) is 0 Å². The SMILES string of the molecule is [CH2]C(C)COC[C@@H](N)C(C)C. The molecule has 2 N–H and O–H groups in total. The second-order valence-corrected chi connectivity index (χ2v) is 3.55. The van der Waals surface area contributed by atoms with E-state index < -0.39 is 0 Å². The highest BCUT2D eigenvalue weighted by molar-refractivity contribution is 4.64. The zero-order valence-electron chi connectivity index (χ0n) is 7.84. The average Bonchev–Trinajstić information content (AvgIpc) is 1.86. The summed E-state index contributed by atoms with van der Waals surface area (Å²) in [4.78, 5) is 0. The molecule has 0 saturated heterocycles. The molecule has 1 unspecified atom stereocenters. The van der Waals surface area contributed by atoms with Gasteiger partial charge in [-0.15, -0.1) is 0 Å². The molecule has 0 spiro atoms. The van der Waals surface area contributed by atoms with E-state index in [0.717, 1.165) is 0 Å². The van der Waals surface area contributed by atoms with Gasteiger partial charge in [0.2, 0.25) is 0 Å². The van der Waals surface area contributed by atoms with Crippen LogP contribution in [-0.4, -0.2) is 19.3 Å². The predicted molar refractivity (Wildman–Crippen MR) is 48.2 cm³/mol. The molecule has 2 nitrogen and oxygen atoms in total. The third-order valence-corrected chi connectivity index (χ3v) is 1.57. The molecule has 0 aliphatic carbocycles. The van der Waals surface area contributed by atoms with Gasteiger partial charge in [-0.05, 0) is 18.8 Å². The second-order valence-electron chi connectivity index (χ2n) is 3.55. The number of nitrogens with two attached hydrogens (primary N) is 1. The molecule has 0 aliphatic heterocycles. The summed E-state index contributed by atoms with van der Waals surface area (Å²) >= 11 is 0. The van der Waals surface area contributed by atoms with Crippen LogP contribution < -0.4 is 5.73 Å². The zero-order chi connectivity index (χ0) is 8.85. The van der Waals surface area contributed by atoms with Crippen LogP contribution in [0.15, 0.2) is 0 Å². The van der Waals surface area contributed by atoms with E-state index in [-0.39, 0.29) is 6.04 Å². The largest absolute Gasteiger partial charge is 0.380 e. The van der Waals surface area contributed by atoms with Crippen LogP contribution in [-0.2, 0) is 4.74 Å². The van der Waals surface area contributed by atoms with E-state index in [9.17, 15) is 0 Å². The maximum atomic E-state index is 5.76. The summed E-state index contributed by atoms with van der Waals surface area (Å²) in [6, 6.07) is 0.161. The van der Waals surface area contributed by atoms with Crippen LogP contribution in [0.4, 0.5) is 0 Å². The number of ether oxygens (including phenoxy) is 1. The quantitative estimate of drug-likeness (QED) is 0.657. The fraction of sp³-hybridized carbons (Fsp3) is 0.889. The van der Waals surface area contributed by atoms with Gasteiger partial charge in [-0.25, -0.2) is 0 Å². The van der Waals surface area contributed by atoms with Crippen molar-refractivity contribution >= 4 is 0 Å². The van der Waals surface area contributed by atoms with E-state index in [2.05, 4.69) is 20.8 Å². The Morgan fingerprint density at radius 2 is 1.82 bits per heavy atom. The van der Waals surface area contributed by atoms with E-state index in [0.29, 0.717) is 25.0 Å². The molecular formula is C9H20NO. The van der Waals surface area contributed by atoms with Crippen molar-refractivity contribution in [2.75, 3.05) is 13.2 Å². The molecule has 0 aromatic rings.